The molecule has 3 heteroatoms. The van der Waals surface area contributed by atoms with E-state index in [2.05, 4.69) is 19.2 Å². The van der Waals surface area contributed by atoms with Crippen LogP contribution in [0.5, 0.6) is 0 Å². The van der Waals surface area contributed by atoms with Gasteiger partial charge in [-0.25, -0.2) is 0 Å². The van der Waals surface area contributed by atoms with E-state index in [1.54, 1.807) is 0 Å². The van der Waals surface area contributed by atoms with Crippen LogP contribution in [0.2, 0.25) is 0 Å². The molecular formula is C11H20N2O. The van der Waals surface area contributed by atoms with Crippen molar-refractivity contribution < 1.29 is 4.79 Å². The van der Waals surface area contributed by atoms with Crippen molar-refractivity contribution in [2.45, 2.75) is 39.2 Å². The molecule has 2 heterocycles. The van der Waals surface area contributed by atoms with Gasteiger partial charge in [0.25, 0.3) is 0 Å². The van der Waals surface area contributed by atoms with Crippen molar-refractivity contribution in [2.24, 2.45) is 5.41 Å². The summed E-state index contributed by atoms with van der Waals surface area (Å²) in [6, 6.07) is 0. The predicted molar refractivity (Wildman–Crippen MR) is 56.0 cm³/mol. The van der Waals surface area contributed by atoms with Crippen molar-refractivity contribution in [1.29, 1.82) is 0 Å². The molecule has 0 radical (unpaired) electrons. The average Bonchev–Trinajstić information content (AvgIpc) is 2.40. The molecule has 2 aliphatic rings. The molecule has 80 valence electrons. The average molecular weight is 196 g/mol. The van der Waals surface area contributed by atoms with Gasteiger partial charge in [0.05, 0.1) is 5.54 Å². The highest BCUT2D eigenvalue weighted by Crippen LogP contribution is 2.31. The number of hydrogen-bond acceptors (Lipinski definition) is 2. The van der Waals surface area contributed by atoms with Crippen LogP contribution in [-0.4, -0.2) is 36.0 Å². The molecule has 1 amide bonds. The molecule has 2 rings (SSSR count). The van der Waals surface area contributed by atoms with E-state index in [-0.39, 0.29) is 5.54 Å². The molecule has 0 aromatic heterocycles. The van der Waals surface area contributed by atoms with E-state index in [1.807, 2.05) is 11.8 Å². The van der Waals surface area contributed by atoms with Gasteiger partial charge in [-0.3, -0.25) is 4.79 Å². The molecule has 0 unspecified atom stereocenters. The van der Waals surface area contributed by atoms with E-state index in [0.717, 1.165) is 32.5 Å². The van der Waals surface area contributed by atoms with E-state index < -0.39 is 0 Å². The van der Waals surface area contributed by atoms with Crippen LogP contribution in [0.15, 0.2) is 0 Å². The van der Waals surface area contributed by atoms with Gasteiger partial charge in [0.1, 0.15) is 0 Å². The standard InChI is InChI=1S/C11H20N2O/c1-10(2)5-7-13(8-10)9(14)11(3)4-6-12-11/h12H,4-8H2,1-3H3/t11-/m1/s1. The number of rotatable bonds is 1. The highest BCUT2D eigenvalue weighted by molar-refractivity contribution is 5.87. The first-order valence-electron chi connectivity index (χ1n) is 5.47. The minimum Gasteiger partial charge on any atom is -0.341 e. The second-order valence-corrected chi connectivity index (χ2v) is 5.65. The van der Waals surface area contributed by atoms with Gasteiger partial charge in [0.15, 0.2) is 0 Å². The molecule has 14 heavy (non-hydrogen) atoms. The van der Waals surface area contributed by atoms with Crippen molar-refractivity contribution in [1.82, 2.24) is 10.2 Å². The molecule has 1 N–H and O–H groups in total. The van der Waals surface area contributed by atoms with Gasteiger partial charge in [-0.15, -0.1) is 0 Å². The van der Waals surface area contributed by atoms with Crippen molar-refractivity contribution in [3.8, 4) is 0 Å². The Labute approximate surface area is 85.8 Å². The van der Waals surface area contributed by atoms with Crippen LogP contribution < -0.4 is 5.32 Å². The molecule has 0 spiro atoms. The number of hydrogen-bond donors (Lipinski definition) is 1. The highest BCUT2D eigenvalue weighted by Gasteiger charge is 2.44. The normalized spacial score (nSPS) is 35.5. The lowest BCUT2D eigenvalue weighted by Crippen LogP contribution is -2.64. The summed E-state index contributed by atoms with van der Waals surface area (Å²) in [5.41, 5.74) is 0.0657. The molecule has 0 saturated carbocycles. The van der Waals surface area contributed by atoms with E-state index >= 15 is 0 Å². The maximum atomic E-state index is 12.1. The second kappa shape index (κ2) is 2.96. The molecule has 2 fully saturated rings. The first kappa shape index (κ1) is 9.97. The summed E-state index contributed by atoms with van der Waals surface area (Å²) in [4.78, 5) is 14.1. The minimum absolute atomic E-state index is 0.250. The lowest BCUT2D eigenvalue weighted by atomic mass is 9.88. The van der Waals surface area contributed by atoms with Gasteiger partial charge in [-0.05, 0) is 31.7 Å². The van der Waals surface area contributed by atoms with E-state index in [9.17, 15) is 4.79 Å². The maximum absolute atomic E-state index is 12.1. The molecule has 0 aromatic rings. The lowest BCUT2D eigenvalue weighted by Gasteiger charge is -2.41. The predicted octanol–water partition coefficient (Wildman–Crippen LogP) is 0.997. The Bertz CT molecular complexity index is 256. The summed E-state index contributed by atoms with van der Waals surface area (Å²) in [5, 5.41) is 3.23. The Morgan fingerprint density at radius 2 is 1.93 bits per heavy atom. The molecule has 1 atom stereocenters. The first-order chi connectivity index (χ1) is 6.43. The molecule has 2 aliphatic heterocycles. The number of nitrogens with one attached hydrogen (secondary N) is 1. The third kappa shape index (κ3) is 1.54. The fourth-order valence-corrected chi connectivity index (χ4v) is 2.32. The van der Waals surface area contributed by atoms with Crippen LogP contribution in [0.25, 0.3) is 0 Å². The summed E-state index contributed by atoms with van der Waals surface area (Å²) in [6.45, 7) is 9.32. The van der Waals surface area contributed by atoms with Crippen molar-refractivity contribution >= 4 is 5.91 Å². The summed E-state index contributed by atoms with van der Waals surface area (Å²) in [5.74, 6) is 0.300. The SMILES string of the molecule is CC1(C)CCN(C(=O)[C@@]2(C)CCN2)C1. The van der Waals surface area contributed by atoms with Gasteiger partial charge in [-0.1, -0.05) is 13.8 Å². The summed E-state index contributed by atoms with van der Waals surface area (Å²) < 4.78 is 0. The van der Waals surface area contributed by atoms with E-state index in [0.29, 0.717) is 11.3 Å². The molecule has 0 aromatic carbocycles. The van der Waals surface area contributed by atoms with Gasteiger partial charge < -0.3 is 10.2 Å². The van der Waals surface area contributed by atoms with Crippen LogP contribution in [-0.2, 0) is 4.79 Å². The third-order valence-electron chi connectivity index (χ3n) is 3.58. The second-order valence-electron chi connectivity index (χ2n) is 5.65. The van der Waals surface area contributed by atoms with Crippen LogP contribution in [0.4, 0.5) is 0 Å². The molecule has 2 saturated heterocycles. The Morgan fingerprint density at radius 1 is 1.29 bits per heavy atom. The van der Waals surface area contributed by atoms with Crippen molar-refractivity contribution in [3.05, 3.63) is 0 Å². The number of amides is 1. The van der Waals surface area contributed by atoms with Crippen molar-refractivity contribution in [2.75, 3.05) is 19.6 Å². The zero-order chi connectivity index (χ0) is 10.4. The number of carbonyl (C=O) groups is 1. The minimum atomic E-state index is -0.250. The molecule has 0 bridgehead atoms. The largest absolute Gasteiger partial charge is 0.341 e. The zero-order valence-corrected chi connectivity index (χ0v) is 9.39. The van der Waals surface area contributed by atoms with E-state index in [4.69, 9.17) is 0 Å². The van der Waals surface area contributed by atoms with Crippen LogP contribution in [0.3, 0.4) is 0 Å². The zero-order valence-electron chi connectivity index (χ0n) is 9.39. The molecule has 3 nitrogen and oxygen atoms in total. The Balaban J connectivity index is 2.00. The fraction of sp³-hybridized carbons (Fsp3) is 0.909. The molecular weight excluding hydrogens is 176 g/mol. The van der Waals surface area contributed by atoms with Gasteiger partial charge in [0, 0.05) is 13.1 Å². The highest BCUT2D eigenvalue weighted by atomic mass is 16.2. The monoisotopic (exact) mass is 196 g/mol. The van der Waals surface area contributed by atoms with E-state index in [1.165, 1.54) is 0 Å². The number of carbonyl (C=O) groups excluding carboxylic acids is 1. The van der Waals surface area contributed by atoms with Crippen LogP contribution in [0, 0.1) is 5.41 Å². The fourth-order valence-electron chi connectivity index (χ4n) is 2.32. The Hall–Kier alpha value is -0.570. The smallest absolute Gasteiger partial charge is 0.242 e. The Kier molecular flexibility index (Phi) is 2.11. The maximum Gasteiger partial charge on any atom is 0.242 e. The lowest BCUT2D eigenvalue weighted by molar-refractivity contribution is -0.139. The Morgan fingerprint density at radius 3 is 2.29 bits per heavy atom. The summed E-state index contributed by atoms with van der Waals surface area (Å²) >= 11 is 0. The topological polar surface area (TPSA) is 32.3 Å². The number of nitrogens with zero attached hydrogens (tertiary/aromatic N) is 1. The quantitative estimate of drug-likeness (QED) is 0.678. The summed E-state index contributed by atoms with van der Waals surface area (Å²) in [7, 11) is 0. The molecule has 0 aliphatic carbocycles. The summed E-state index contributed by atoms with van der Waals surface area (Å²) in [6.07, 6.45) is 2.12. The number of likely N-dealkylation sites (tertiary alicyclic amines) is 1. The third-order valence-corrected chi connectivity index (χ3v) is 3.58. The first-order valence-corrected chi connectivity index (χ1v) is 5.47. The van der Waals surface area contributed by atoms with Crippen LogP contribution in [0.1, 0.15) is 33.6 Å². The van der Waals surface area contributed by atoms with Gasteiger partial charge in [0.2, 0.25) is 5.91 Å². The van der Waals surface area contributed by atoms with Gasteiger partial charge >= 0.3 is 0 Å². The van der Waals surface area contributed by atoms with Crippen molar-refractivity contribution in [3.63, 3.8) is 0 Å². The van der Waals surface area contributed by atoms with Gasteiger partial charge in [-0.2, -0.15) is 0 Å². The van der Waals surface area contributed by atoms with Crippen LogP contribution >= 0.6 is 0 Å².